The van der Waals surface area contributed by atoms with Gasteiger partial charge in [0.15, 0.2) is 0 Å². The lowest BCUT2D eigenvalue weighted by atomic mass is 10.2. The zero-order valence-electron chi connectivity index (χ0n) is 4.99. The van der Waals surface area contributed by atoms with Crippen LogP contribution in [0.5, 0.6) is 0 Å². The number of rotatable bonds is 1. The van der Waals surface area contributed by atoms with Crippen molar-refractivity contribution in [1.29, 1.82) is 0 Å². The molecule has 1 aliphatic rings. The summed E-state index contributed by atoms with van der Waals surface area (Å²) in [6.45, 7) is 0. The smallest absolute Gasteiger partial charge is 0.0974 e. The highest BCUT2D eigenvalue weighted by Gasteiger charge is 2.32. The number of hydrogen-bond acceptors (Lipinski definition) is 4. The van der Waals surface area contributed by atoms with E-state index < -0.39 is 12.2 Å². The van der Waals surface area contributed by atoms with Gasteiger partial charge in [-0.1, -0.05) is 0 Å². The number of aliphatic hydroxyl groups excluding tert-OH is 2. The van der Waals surface area contributed by atoms with Gasteiger partial charge in [0, 0.05) is 0 Å². The van der Waals surface area contributed by atoms with Crippen molar-refractivity contribution in [3.8, 4) is 0 Å². The van der Waals surface area contributed by atoms with E-state index in [4.69, 9.17) is 15.4 Å². The van der Waals surface area contributed by atoms with Gasteiger partial charge in [0.25, 0.3) is 0 Å². The van der Waals surface area contributed by atoms with E-state index in [9.17, 15) is 0 Å². The molecule has 1 fully saturated rings. The van der Waals surface area contributed by atoms with Crippen LogP contribution in [0.15, 0.2) is 0 Å². The Morgan fingerprint density at radius 2 is 1.89 bits per heavy atom. The average Bonchev–Trinajstić information content (AvgIpc) is 2.15. The van der Waals surface area contributed by atoms with Crippen molar-refractivity contribution < 1.29 is 15.4 Å². The molecule has 3 unspecified atom stereocenters. The number of hydrogen-bond donors (Lipinski definition) is 4. The van der Waals surface area contributed by atoms with Crippen molar-refractivity contribution in [3.05, 3.63) is 0 Å². The van der Waals surface area contributed by atoms with Gasteiger partial charge in [-0.15, -0.1) is 0 Å². The van der Waals surface area contributed by atoms with Gasteiger partial charge >= 0.3 is 0 Å². The third-order valence-corrected chi connectivity index (χ3v) is 1.75. The molecule has 0 bridgehead atoms. The Kier molecular flexibility index (Phi) is 2.02. The highest BCUT2D eigenvalue weighted by molar-refractivity contribution is 4.87. The van der Waals surface area contributed by atoms with Crippen LogP contribution in [-0.2, 0) is 0 Å². The Labute approximate surface area is 53.1 Å². The van der Waals surface area contributed by atoms with Crippen LogP contribution in [0.3, 0.4) is 0 Å². The van der Waals surface area contributed by atoms with Gasteiger partial charge in [0.2, 0.25) is 0 Å². The fraction of sp³-hybridized carbons (Fsp3) is 1.00. The zero-order valence-corrected chi connectivity index (χ0v) is 4.99. The molecule has 4 heteroatoms. The number of hydroxylamine groups is 1. The first-order chi connectivity index (χ1) is 4.25. The Balaban J connectivity index is 2.41. The molecule has 0 aromatic carbocycles. The van der Waals surface area contributed by atoms with E-state index in [1.807, 2.05) is 5.48 Å². The summed E-state index contributed by atoms with van der Waals surface area (Å²) >= 11 is 0. The summed E-state index contributed by atoms with van der Waals surface area (Å²) in [5.41, 5.74) is 1.93. The van der Waals surface area contributed by atoms with Gasteiger partial charge in [-0.05, 0) is 12.8 Å². The molecular weight excluding hydrogens is 122 g/mol. The van der Waals surface area contributed by atoms with Crippen LogP contribution in [0.4, 0.5) is 0 Å². The third kappa shape index (κ3) is 1.21. The van der Waals surface area contributed by atoms with E-state index in [0.29, 0.717) is 12.8 Å². The van der Waals surface area contributed by atoms with Gasteiger partial charge in [0.1, 0.15) is 0 Å². The summed E-state index contributed by atoms with van der Waals surface area (Å²) in [6, 6.07) is -0.347. The zero-order chi connectivity index (χ0) is 6.85. The predicted molar refractivity (Wildman–Crippen MR) is 30.0 cm³/mol. The molecule has 0 aromatic rings. The van der Waals surface area contributed by atoms with Crippen molar-refractivity contribution in [1.82, 2.24) is 5.48 Å². The van der Waals surface area contributed by atoms with Crippen LogP contribution in [0.1, 0.15) is 12.8 Å². The van der Waals surface area contributed by atoms with Crippen LogP contribution in [0, 0.1) is 0 Å². The maximum atomic E-state index is 8.98. The highest BCUT2D eigenvalue weighted by atomic mass is 16.5. The Morgan fingerprint density at radius 3 is 2.11 bits per heavy atom. The molecule has 0 aromatic heterocycles. The van der Waals surface area contributed by atoms with Gasteiger partial charge in [-0.3, -0.25) is 0 Å². The van der Waals surface area contributed by atoms with Gasteiger partial charge in [0.05, 0.1) is 18.2 Å². The Morgan fingerprint density at radius 1 is 1.22 bits per heavy atom. The average molecular weight is 133 g/mol. The van der Waals surface area contributed by atoms with Crippen molar-refractivity contribution in [3.63, 3.8) is 0 Å². The number of aliphatic hydroxyl groups is 2. The lowest BCUT2D eigenvalue weighted by Gasteiger charge is -2.13. The maximum Gasteiger partial charge on any atom is 0.0974 e. The lowest BCUT2D eigenvalue weighted by Crippen LogP contribution is -2.37. The van der Waals surface area contributed by atoms with Crippen molar-refractivity contribution in [2.75, 3.05) is 0 Å². The molecule has 4 N–H and O–H groups in total. The van der Waals surface area contributed by atoms with Crippen LogP contribution in [-0.4, -0.2) is 33.7 Å². The second-order valence-corrected chi connectivity index (χ2v) is 2.37. The first-order valence-corrected chi connectivity index (χ1v) is 3.01. The van der Waals surface area contributed by atoms with Crippen molar-refractivity contribution in [2.24, 2.45) is 0 Å². The summed E-state index contributed by atoms with van der Waals surface area (Å²) in [5, 5.41) is 26.2. The lowest BCUT2D eigenvalue weighted by molar-refractivity contribution is -0.00101. The Hall–Kier alpha value is -0.160. The van der Waals surface area contributed by atoms with Gasteiger partial charge < -0.3 is 15.4 Å². The number of nitrogens with one attached hydrogen (secondary N) is 1. The molecule has 0 spiro atoms. The summed E-state index contributed by atoms with van der Waals surface area (Å²) < 4.78 is 0. The molecule has 54 valence electrons. The fourth-order valence-corrected chi connectivity index (χ4v) is 1.10. The minimum Gasteiger partial charge on any atom is -0.390 e. The van der Waals surface area contributed by atoms with E-state index in [1.165, 1.54) is 0 Å². The first-order valence-electron chi connectivity index (χ1n) is 3.01. The van der Waals surface area contributed by atoms with Gasteiger partial charge in [-0.25, -0.2) is 0 Å². The second-order valence-electron chi connectivity index (χ2n) is 2.37. The molecular formula is C5H11NO3. The van der Waals surface area contributed by atoms with E-state index in [2.05, 4.69) is 0 Å². The molecule has 1 rings (SSSR count). The van der Waals surface area contributed by atoms with E-state index in [-0.39, 0.29) is 6.04 Å². The molecule has 9 heavy (non-hydrogen) atoms. The van der Waals surface area contributed by atoms with Crippen LogP contribution in [0.25, 0.3) is 0 Å². The Bertz CT molecular complexity index is 98.2. The van der Waals surface area contributed by atoms with Crippen molar-refractivity contribution in [2.45, 2.75) is 31.1 Å². The second kappa shape index (κ2) is 2.62. The van der Waals surface area contributed by atoms with Crippen LogP contribution < -0.4 is 5.48 Å². The van der Waals surface area contributed by atoms with Crippen molar-refractivity contribution >= 4 is 0 Å². The molecule has 1 saturated carbocycles. The quantitative estimate of drug-likeness (QED) is 0.341. The van der Waals surface area contributed by atoms with Crippen LogP contribution in [0.2, 0.25) is 0 Å². The summed E-state index contributed by atoms with van der Waals surface area (Å²) in [6.07, 6.45) is -0.303. The normalized spacial score (nSPS) is 43.7. The largest absolute Gasteiger partial charge is 0.390 e. The third-order valence-electron chi connectivity index (χ3n) is 1.75. The SMILES string of the molecule is ONC1CCC(O)C1O. The monoisotopic (exact) mass is 133 g/mol. The standard InChI is InChI=1S/C5H11NO3/c7-4-2-1-3(6-9)5(4)8/h3-9H,1-2H2. The van der Waals surface area contributed by atoms with Crippen LogP contribution >= 0.6 is 0 Å². The molecule has 0 saturated heterocycles. The van der Waals surface area contributed by atoms with E-state index in [0.717, 1.165) is 0 Å². The summed E-state index contributed by atoms with van der Waals surface area (Å²) in [4.78, 5) is 0. The molecule has 1 aliphatic carbocycles. The molecule has 0 aliphatic heterocycles. The fourth-order valence-electron chi connectivity index (χ4n) is 1.10. The maximum absolute atomic E-state index is 8.98. The highest BCUT2D eigenvalue weighted by Crippen LogP contribution is 2.18. The summed E-state index contributed by atoms with van der Waals surface area (Å²) in [5.74, 6) is 0. The molecule has 3 atom stereocenters. The minimum atomic E-state index is -0.810. The first kappa shape index (κ1) is 6.95. The van der Waals surface area contributed by atoms with E-state index in [1.54, 1.807) is 0 Å². The minimum absolute atomic E-state index is 0.347. The molecule has 0 radical (unpaired) electrons. The van der Waals surface area contributed by atoms with E-state index >= 15 is 0 Å². The molecule has 4 nitrogen and oxygen atoms in total. The van der Waals surface area contributed by atoms with Gasteiger partial charge in [-0.2, -0.15) is 5.48 Å². The topological polar surface area (TPSA) is 72.7 Å². The summed E-state index contributed by atoms with van der Waals surface area (Å²) in [7, 11) is 0. The molecule has 0 amide bonds. The predicted octanol–water partition coefficient (Wildman–Crippen LogP) is -1.15. The molecule has 0 heterocycles.